The van der Waals surface area contributed by atoms with E-state index in [1.807, 2.05) is 24.3 Å². The predicted molar refractivity (Wildman–Crippen MR) is 124 cm³/mol. The third-order valence-electron chi connectivity index (χ3n) is 5.73. The number of aromatic nitrogens is 1. The van der Waals surface area contributed by atoms with E-state index in [0.717, 1.165) is 5.69 Å². The Kier molecular flexibility index (Phi) is 4.32. The molecular formula is C27H28N2. The number of fused-ring (bicyclic) bond motifs is 3. The first-order valence-electron chi connectivity index (χ1n) is 10.2. The average molecular weight is 381 g/mol. The molecule has 2 heteroatoms. The molecule has 0 amide bonds. The first kappa shape index (κ1) is 19.3. The zero-order chi connectivity index (χ0) is 21.0. The molecule has 0 N–H and O–H groups in total. The van der Waals surface area contributed by atoms with Gasteiger partial charge in [0.05, 0.1) is 17.6 Å². The maximum absolute atomic E-state index is 7.23. The molecule has 0 aliphatic carbocycles. The molecule has 1 aromatic heterocycles. The molecule has 0 atom stereocenters. The van der Waals surface area contributed by atoms with Crippen LogP contribution in [0.25, 0.3) is 32.3 Å². The van der Waals surface area contributed by atoms with Crippen molar-refractivity contribution in [2.75, 3.05) is 0 Å². The second kappa shape index (κ2) is 6.49. The van der Waals surface area contributed by atoms with Gasteiger partial charge in [0.25, 0.3) is 0 Å². The molecule has 0 aliphatic heterocycles. The Labute approximate surface area is 173 Å². The summed E-state index contributed by atoms with van der Waals surface area (Å²) in [5.41, 5.74) is 7.04. The average Bonchev–Trinajstić information content (AvgIpc) is 3.00. The van der Waals surface area contributed by atoms with Crippen LogP contribution in [0.4, 0.5) is 5.69 Å². The SMILES string of the molecule is [C-]#[N+]c1ccc(-n2c3ccc(C(C)(C)C)cc3c3cc(C(C)(C)C)ccc32)cc1. The van der Waals surface area contributed by atoms with Crippen LogP contribution in [0, 0.1) is 6.57 Å². The molecule has 0 unspecified atom stereocenters. The fourth-order valence-electron chi connectivity index (χ4n) is 3.91. The lowest BCUT2D eigenvalue weighted by molar-refractivity contribution is 0.590. The van der Waals surface area contributed by atoms with Crippen LogP contribution in [0.5, 0.6) is 0 Å². The molecule has 3 aromatic carbocycles. The number of rotatable bonds is 1. The summed E-state index contributed by atoms with van der Waals surface area (Å²) in [5, 5.41) is 2.57. The fraction of sp³-hybridized carbons (Fsp3) is 0.296. The molecule has 0 bridgehead atoms. The third-order valence-corrected chi connectivity index (χ3v) is 5.73. The molecule has 146 valence electrons. The van der Waals surface area contributed by atoms with Gasteiger partial charge in [-0.1, -0.05) is 65.8 Å². The van der Waals surface area contributed by atoms with Gasteiger partial charge in [-0.3, -0.25) is 0 Å². The lowest BCUT2D eigenvalue weighted by Crippen LogP contribution is -2.10. The molecule has 29 heavy (non-hydrogen) atoms. The summed E-state index contributed by atoms with van der Waals surface area (Å²) in [6.07, 6.45) is 0. The standard InChI is InChI=1S/C27H28N2/c1-26(2,3)18-8-14-24-22(16-18)23-17-19(27(4,5)6)9-15-25(23)29(24)21-12-10-20(28-7)11-13-21/h8-17H,1-6H3. The van der Waals surface area contributed by atoms with Crippen molar-refractivity contribution < 1.29 is 0 Å². The van der Waals surface area contributed by atoms with Gasteiger partial charge in [0.1, 0.15) is 0 Å². The van der Waals surface area contributed by atoms with E-state index < -0.39 is 0 Å². The number of hydrogen-bond donors (Lipinski definition) is 0. The Hall–Kier alpha value is -3.05. The number of nitrogens with zero attached hydrogens (tertiary/aromatic N) is 2. The van der Waals surface area contributed by atoms with Crippen LogP contribution in [-0.4, -0.2) is 4.57 Å². The van der Waals surface area contributed by atoms with Crippen molar-refractivity contribution in [1.29, 1.82) is 0 Å². The highest BCUT2D eigenvalue weighted by molar-refractivity contribution is 6.09. The zero-order valence-corrected chi connectivity index (χ0v) is 18.2. The van der Waals surface area contributed by atoms with Gasteiger partial charge in [-0.05, 0) is 58.4 Å². The van der Waals surface area contributed by atoms with Gasteiger partial charge in [-0.25, -0.2) is 4.85 Å². The monoisotopic (exact) mass is 380 g/mol. The molecule has 4 aromatic rings. The lowest BCUT2D eigenvalue weighted by atomic mass is 9.85. The first-order chi connectivity index (χ1) is 13.6. The maximum Gasteiger partial charge on any atom is 0.187 e. The predicted octanol–water partition coefficient (Wildman–Crippen LogP) is 7.93. The Balaban J connectivity index is 2.09. The molecule has 1 heterocycles. The van der Waals surface area contributed by atoms with Crippen LogP contribution in [0.1, 0.15) is 52.7 Å². The highest BCUT2D eigenvalue weighted by Gasteiger charge is 2.20. The second-order valence-corrected chi connectivity index (χ2v) is 9.93. The van der Waals surface area contributed by atoms with Gasteiger partial charge in [-0.15, -0.1) is 0 Å². The molecule has 2 nitrogen and oxygen atoms in total. The molecule has 0 aliphatic rings. The van der Waals surface area contributed by atoms with Crippen molar-refractivity contribution in [3.8, 4) is 5.69 Å². The number of benzene rings is 3. The van der Waals surface area contributed by atoms with Crippen molar-refractivity contribution in [2.24, 2.45) is 0 Å². The molecular weight excluding hydrogens is 352 g/mol. The Morgan fingerprint density at radius 1 is 0.655 bits per heavy atom. The van der Waals surface area contributed by atoms with Gasteiger partial charge in [0.2, 0.25) is 0 Å². The molecule has 4 rings (SSSR count). The van der Waals surface area contributed by atoms with E-state index in [0.29, 0.717) is 5.69 Å². The number of hydrogen-bond acceptors (Lipinski definition) is 0. The Morgan fingerprint density at radius 3 is 1.48 bits per heavy atom. The van der Waals surface area contributed by atoms with Crippen LogP contribution in [0.3, 0.4) is 0 Å². The largest absolute Gasteiger partial charge is 0.309 e. The van der Waals surface area contributed by atoms with Gasteiger partial charge >= 0.3 is 0 Å². The molecule has 0 saturated carbocycles. The Bertz CT molecular complexity index is 1180. The minimum Gasteiger partial charge on any atom is -0.309 e. The maximum atomic E-state index is 7.23. The van der Waals surface area contributed by atoms with E-state index in [2.05, 4.69) is 87.4 Å². The van der Waals surface area contributed by atoms with Crippen molar-refractivity contribution in [2.45, 2.75) is 52.4 Å². The minimum atomic E-state index is 0.0987. The summed E-state index contributed by atoms with van der Waals surface area (Å²) in [6, 6.07) is 21.6. The van der Waals surface area contributed by atoms with E-state index in [-0.39, 0.29) is 10.8 Å². The van der Waals surface area contributed by atoms with Gasteiger partial charge in [0.15, 0.2) is 5.69 Å². The van der Waals surface area contributed by atoms with Crippen LogP contribution in [0.2, 0.25) is 0 Å². The molecule has 0 spiro atoms. The van der Waals surface area contributed by atoms with Gasteiger partial charge in [0, 0.05) is 16.5 Å². The zero-order valence-electron chi connectivity index (χ0n) is 18.2. The topological polar surface area (TPSA) is 9.29 Å². The van der Waals surface area contributed by atoms with E-state index >= 15 is 0 Å². The van der Waals surface area contributed by atoms with Gasteiger partial charge < -0.3 is 4.57 Å². The van der Waals surface area contributed by atoms with Crippen molar-refractivity contribution >= 4 is 27.5 Å². The molecule has 0 radical (unpaired) electrons. The highest BCUT2D eigenvalue weighted by atomic mass is 15.0. The third kappa shape index (κ3) is 3.32. The van der Waals surface area contributed by atoms with E-state index in [1.54, 1.807) is 0 Å². The fourth-order valence-corrected chi connectivity index (χ4v) is 3.91. The van der Waals surface area contributed by atoms with E-state index in [9.17, 15) is 0 Å². The second-order valence-electron chi connectivity index (χ2n) is 9.93. The van der Waals surface area contributed by atoms with Crippen LogP contribution < -0.4 is 0 Å². The summed E-state index contributed by atoms with van der Waals surface area (Å²) in [7, 11) is 0. The van der Waals surface area contributed by atoms with Crippen molar-refractivity contribution in [3.63, 3.8) is 0 Å². The van der Waals surface area contributed by atoms with Crippen molar-refractivity contribution in [1.82, 2.24) is 4.57 Å². The van der Waals surface area contributed by atoms with Crippen molar-refractivity contribution in [3.05, 3.63) is 83.2 Å². The highest BCUT2D eigenvalue weighted by Crippen LogP contribution is 2.37. The lowest BCUT2D eigenvalue weighted by Gasteiger charge is -2.19. The summed E-state index contributed by atoms with van der Waals surface area (Å²) >= 11 is 0. The minimum absolute atomic E-state index is 0.0987. The summed E-state index contributed by atoms with van der Waals surface area (Å²) < 4.78 is 2.32. The molecule has 0 saturated heterocycles. The summed E-state index contributed by atoms with van der Waals surface area (Å²) in [4.78, 5) is 3.54. The summed E-state index contributed by atoms with van der Waals surface area (Å²) in [5.74, 6) is 0. The van der Waals surface area contributed by atoms with Gasteiger partial charge in [-0.2, -0.15) is 0 Å². The van der Waals surface area contributed by atoms with Crippen LogP contribution in [0.15, 0.2) is 60.7 Å². The first-order valence-corrected chi connectivity index (χ1v) is 10.2. The summed E-state index contributed by atoms with van der Waals surface area (Å²) in [6.45, 7) is 20.8. The molecule has 0 fully saturated rings. The van der Waals surface area contributed by atoms with E-state index in [4.69, 9.17) is 6.57 Å². The van der Waals surface area contributed by atoms with Crippen LogP contribution in [-0.2, 0) is 10.8 Å². The normalized spacial score (nSPS) is 12.4. The smallest absolute Gasteiger partial charge is 0.187 e. The Morgan fingerprint density at radius 2 is 1.10 bits per heavy atom. The van der Waals surface area contributed by atoms with Crippen LogP contribution >= 0.6 is 0 Å². The van der Waals surface area contributed by atoms with E-state index in [1.165, 1.54) is 32.9 Å². The quantitative estimate of drug-likeness (QED) is 0.297.